The fraction of sp³-hybridized carbons (Fsp3) is 0.167. The monoisotopic (exact) mass is 368 g/mol. The summed E-state index contributed by atoms with van der Waals surface area (Å²) in [5, 5.41) is 8.00. The highest BCUT2D eigenvalue weighted by Gasteiger charge is 2.22. The van der Waals surface area contributed by atoms with Crippen molar-refractivity contribution in [2.45, 2.75) is 25.7 Å². The maximum atomic E-state index is 13.0. The van der Waals surface area contributed by atoms with Gasteiger partial charge in [-0.1, -0.05) is 22.9 Å². The fourth-order valence-electron chi connectivity index (χ4n) is 2.92. The third-order valence-corrected chi connectivity index (χ3v) is 5.87. The summed E-state index contributed by atoms with van der Waals surface area (Å²) >= 11 is 0. The Kier molecular flexibility index (Phi) is 3.66. The number of nitrogens with zero attached hydrogens (tertiary/aromatic N) is 4. The molecule has 3 heterocycles. The van der Waals surface area contributed by atoms with Gasteiger partial charge in [-0.15, -0.1) is 0 Å². The van der Waals surface area contributed by atoms with E-state index in [0.29, 0.717) is 16.8 Å². The van der Waals surface area contributed by atoms with Crippen LogP contribution in [0.25, 0.3) is 22.2 Å². The first kappa shape index (κ1) is 16.5. The van der Waals surface area contributed by atoms with Crippen LogP contribution in [0.5, 0.6) is 0 Å². The van der Waals surface area contributed by atoms with E-state index in [-0.39, 0.29) is 4.90 Å². The van der Waals surface area contributed by atoms with E-state index < -0.39 is 10.0 Å². The fourth-order valence-corrected chi connectivity index (χ4v) is 4.18. The maximum absolute atomic E-state index is 13.0. The van der Waals surface area contributed by atoms with Crippen molar-refractivity contribution in [2.75, 3.05) is 0 Å². The van der Waals surface area contributed by atoms with E-state index in [1.807, 2.05) is 13.8 Å². The van der Waals surface area contributed by atoms with Gasteiger partial charge in [-0.05, 0) is 39.0 Å². The van der Waals surface area contributed by atoms with Gasteiger partial charge < -0.3 is 4.52 Å². The second-order valence-corrected chi connectivity index (χ2v) is 7.90. The minimum atomic E-state index is -3.82. The lowest BCUT2D eigenvalue weighted by molar-refractivity contribution is 0.393. The maximum Gasteiger partial charge on any atom is 0.283 e. The molecule has 7 nitrogen and oxygen atoms in total. The minimum Gasteiger partial charge on any atom is -0.361 e. The van der Waals surface area contributed by atoms with E-state index in [1.54, 1.807) is 43.5 Å². The van der Waals surface area contributed by atoms with Crippen molar-refractivity contribution in [1.82, 2.24) is 19.3 Å². The average molecular weight is 368 g/mol. The Morgan fingerprint density at radius 2 is 1.77 bits per heavy atom. The normalized spacial score (nSPS) is 12.0. The largest absolute Gasteiger partial charge is 0.361 e. The van der Waals surface area contributed by atoms with Crippen molar-refractivity contribution < 1.29 is 12.9 Å². The lowest BCUT2D eigenvalue weighted by Crippen LogP contribution is -2.14. The van der Waals surface area contributed by atoms with Gasteiger partial charge in [0.2, 0.25) is 0 Å². The number of hydrogen-bond donors (Lipinski definition) is 0. The number of pyridine rings is 1. The molecule has 0 amide bonds. The molecule has 0 atom stereocenters. The van der Waals surface area contributed by atoms with Crippen molar-refractivity contribution in [3.63, 3.8) is 0 Å². The number of benzene rings is 1. The van der Waals surface area contributed by atoms with Gasteiger partial charge in [0.1, 0.15) is 16.8 Å². The first-order valence-electron chi connectivity index (χ1n) is 7.97. The minimum absolute atomic E-state index is 0.177. The van der Waals surface area contributed by atoms with E-state index in [2.05, 4.69) is 15.2 Å². The van der Waals surface area contributed by atoms with Crippen molar-refractivity contribution in [2.24, 2.45) is 0 Å². The molecular weight excluding hydrogens is 352 g/mol. The Hall–Kier alpha value is -3.00. The quantitative estimate of drug-likeness (QED) is 0.551. The summed E-state index contributed by atoms with van der Waals surface area (Å²) in [6.45, 7) is 5.54. The molecular formula is C18H16N4O3S. The molecule has 0 fully saturated rings. The first-order chi connectivity index (χ1) is 12.4. The van der Waals surface area contributed by atoms with E-state index in [4.69, 9.17) is 4.52 Å². The van der Waals surface area contributed by atoms with Crippen molar-refractivity contribution in [1.29, 1.82) is 0 Å². The van der Waals surface area contributed by atoms with Crippen LogP contribution >= 0.6 is 0 Å². The van der Waals surface area contributed by atoms with Gasteiger partial charge in [-0.3, -0.25) is 4.98 Å². The van der Waals surface area contributed by atoms with E-state index >= 15 is 0 Å². The topological polar surface area (TPSA) is 90.9 Å². The molecule has 0 N–H and O–H groups in total. The van der Waals surface area contributed by atoms with Gasteiger partial charge in [0.05, 0.1) is 16.8 Å². The zero-order valence-corrected chi connectivity index (χ0v) is 15.3. The molecule has 0 radical (unpaired) electrons. The molecule has 3 aromatic heterocycles. The predicted molar refractivity (Wildman–Crippen MR) is 96.3 cm³/mol. The van der Waals surface area contributed by atoms with Crippen molar-refractivity contribution in [3.8, 4) is 11.1 Å². The average Bonchev–Trinajstić information content (AvgIpc) is 3.18. The summed E-state index contributed by atoms with van der Waals surface area (Å²) in [4.78, 5) is 4.52. The van der Waals surface area contributed by atoms with E-state index in [1.165, 1.54) is 6.20 Å². The van der Waals surface area contributed by atoms with Gasteiger partial charge >= 0.3 is 0 Å². The molecule has 0 aliphatic rings. The van der Waals surface area contributed by atoms with Crippen LogP contribution in [0.1, 0.15) is 17.0 Å². The van der Waals surface area contributed by atoms with Crippen LogP contribution in [-0.2, 0) is 10.0 Å². The molecule has 132 valence electrons. The molecule has 0 aliphatic heterocycles. The number of rotatable bonds is 3. The summed E-state index contributed by atoms with van der Waals surface area (Å²) in [6.07, 6.45) is 3.11. The van der Waals surface area contributed by atoms with Gasteiger partial charge in [-0.25, -0.2) is 0 Å². The Bertz CT molecular complexity index is 1200. The highest BCUT2D eigenvalue weighted by Crippen LogP contribution is 2.29. The van der Waals surface area contributed by atoms with Crippen LogP contribution in [-0.4, -0.2) is 27.7 Å². The smallest absolute Gasteiger partial charge is 0.283 e. The SMILES string of the molecule is Cc1ccc(S(=O)(=O)n2ncc3ncc(-c4c(C)noc4C)cc32)cc1. The second-order valence-electron chi connectivity index (χ2n) is 6.13. The van der Waals surface area contributed by atoms with Crippen LogP contribution in [0.15, 0.2) is 52.1 Å². The molecule has 4 aromatic rings. The number of fused-ring (bicyclic) bond motifs is 1. The molecule has 0 saturated heterocycles. The number of hydrogen-bond acceptors (Lipinski definition) is 6. The summed E-state index contributed by atoms with van der Waals surface area (Å²) in [7, 11) is -3.82. The van der Waals surface area contributed by atoms with Gasteiger partial charge in [0, 0.05) is 17.3 Å². The molecule has 0 bridgehead atoms. The Morgan fingerprint density at radius 1 is 1.04 bits per heavy atom. The molecule has 4 rings (SSSR count). The van der Waals surface area contributed by atoms with Gasteiger partial charge in [-0.2, -0.15) is 17.6 Å². The van der Waals surface area contributed by atoms with E-state index in [9.17, 15) is 8.42 Å². The summed E-state index contributed by atoms with van der Waals surface area (Å²) in [5.41, 5.74) is 4.14. The highest BCUT2D eigenvalue weighted by molar-refractivity contribution is 7.90. The number of aryl methyl sites for hydroxylation is 3. The van der Waals surface area contributed by atoms with Gasteiger partial charge in [0.25, 0.3) is 10.0 Å². The van der Waals surface area contributed by atoms with Crippen molar-refractivity contribution in [3.05, 3.63) is 59.7 Å². The molecule has 8 heteroatoms. The zero-order chi connectivity index (χ0) is 18.5. The summed E-state index contributed by atoms with van der Waals surface area (Å²) in [6, 6.07) is 8.40. The summed E-state index contributed by atoms with van der Waals surface area (Å²) in [5.74, 6) is 0.649. The lowest BCUT2D eigenvalue weighted by atomic mass is 10.1. The van der Waals surface area contributed by atoms with Crippen LogP contribution in [0.3, 0.4) is 0 Å². The van der Waals surface area contributed by atoms with Gasteiger partial charge in [0.15, 0.2) is 0 Å². The van der Waals surface area contributed by atoms with Crippen molar-refractivity contribution >= 4 is 21.1 Å². The Balaban J connectivity index is 1.92. The predicted octanol–water partition coefficient (Wildman–Crippen LogP) is 3.25. The second kappa shape index (κ2) is 5.77. The van der Waals surface area contributed by atoms with E-state index in [0.717, 1.165) is 26.5 Å². The highest BCUT2D eigenvalue weighted by atomic mass is 32.2. The third-order valence-electron chi connectivity index (χ3n) is 4.26. The van der Waals surface area contributed by atoms with Crippen LogP contribution in [0.2, 0.25) is 0 Å². The zero-order valence-electron chi connectivity index (χ0n) is 14.5. The Labute approximate surface area is 150 Å². The molecule has 0 aliphatic carbocycles. The summed E-state index contributed by atoms with van der Waals surface area (Å²) < 4.78 is 32.2. The molecule has 0 saturated carbocycles. The lowest BCUT2D eigenvalue weighted by Gasteiger charge is -2.07. The molecule has 0 spiro atoms. The third kappa shape index (κ3) is 2.50. The van der Waals surface area contributed by atoms with Crippen LogP contribution in [0, 0.1) is 20.8 Å². The molecule has 26 heavy (non-hydrogen) atoms. The molecule has 0 unspecified atom stereocenters. The first-order valence-corrected chi connectivity index (χ1v) is 9.41. The van der Waals surface area contributed by atoms with Crippen LogP contribution in [0.4, 0.5) is 0 Å². The standard InChI is InChI=1S/C18H16N4O3S/c1-11-4-6-15(7-5-11)26(23,24)22-17-8-14(9-19-16(17)10-20-22)18-12(2)21-25-13(18)3/h4-10H,1-3H3. The molecule has 1 aromatic carbocycles. The van der Waals surface area contributed by atoms with Crippen LogP contribution < -0.4 is 0 Å². The number of aromatic nitrogens is 4. The Morgan fingerprint density at radius 3 is 2.42 bits per heavy atom.